The Bertz CT molecular complexity index is 699. The normalized spacial score (nSPS) is 15.2. The van der Waals surface area contributed by atoms with Crippen molar-refractivity contribution in [3.63, 3.8) is 0 Å². The van der Waals surface area contributed by atoms with Crippen molar-refractivity contribution >= 4 is 17.5 Å². The van der Waals surface area contributed by atoms with Crippen molar-refractivity contribution in [1.29, 1.82) is 0 Å². The maximum Gasteiger partial charge on any atom is 0.222 e. The summed E-state index contributed by atoms with van der Waals surface area (Å²) in [5, 5.41) is 0. The molecule has 0 saturated carbocycles. The molecule has 1 aliphatic heterocycles. The average molecular weight is 326 g/mol. The van der Waals surface area contributed by atoms with Gasteiger partial charge in [0, 0.05) is 49.3 Å². The number of aromatic nitrogens is 3. The molecule has 1 fully saturated rings. The van der Waals surface area contributed by atoms with Crippen molar-refractivity contribution in [3.05, 3.63) is 35.3 Å². The molecule has 0 amide bonds. The van der Waals surface area contributed by atoms with Crippen LogP contribution in [-0.4, -0.2) is 41.1 Å². The van der Waals surface area contributed by atoms with Crippen LogP contribution >= 0.6 is 0 Å². The topological polar surface area (TPSA) is 71.2 Å². The summed E-state index contributed by atoms with van der Waals surface area (Å²) in [4.78, 5) is 17.9. The lowest BCUT2D eigenvalue weighted by Crippen LogP contribution is -2.47. The second kappa shape index (κ2) is 6.63. The van der Waals surface area contributed by atoms with Gasteiger partial charge in [-0.25, -0.2) is 4.98 Å². The largest absolute Gasteiger partial charge is 0.368 e. The van der Waals surface area contributed by atoms with E-state index in [4.69, 9.17) is 5.73 Å². The highest BCUT2D eigenvalue weighted by atomic mass is 15.3. The fraction of sp³-hybridized carbons (Fsp3) is 0.500. The van der Waals surface area contributed by atoms with Crippen molar-refractivity contribution in [2.24, 2.45) is 0 Å². The molecule has 0 radical (unpaired) electrons. The van der Waals surface area contributed by atoms with Gasteiger partial charge in [0.05, 0.1) is 5.69 Å². The fourth-order valence-electron chi connectivity index (χ4n) is 3.12. The maximum atomic E-state index is 5.89. The maximum absolute atomic E-state index is 5.89. The van der Waals surface area contributed by atoms with Gasteiger partial charge in [-0.05, 0) is 31.9 Å². The van der Waals surface area contributed by atoms with Crippen LogP contribution in [0.2, 0.25) is 0 Å². The molecule has 24 heavy (non-hydrogen) atoms. The number of pyridine rings is 1. The SMILES string of the molecule is Cc1cc(N2CCN(c3cc(C(C)C)nc(N)n3)CC2)cc(C)n1. The quantitative estimate of drug-likeness (QED) is 0.934. The van der Waals surface area contributed by atoms with Gasteiger partial charge >= 0.3 is 0 Å². The van der Waals surface area contributed by atoms with Gasteiger partial charge in [-0.3, -0.25) is 4.98 Å². The molecule has 2 aromatic rings. The van der Waals surface area contributed by atoms with Gasteiger partial charge in [-0.1, -0.05) is 13.8 Å². The molecule has 128 valence electrons. The number of hydrogen-bond acceptors (Lipinski definition) is 6. The monoisotopic (exact) mass is 326 g/mol. The summed E-state index contributed by atoms with van der Waals surface area (Å²) in [7, 11) is 0. The van der Waals surface area contributed by atoms with E-state index in [-0.39, 0.29) is 0 Å². The van der Waals surface area contributed by atoms with E-state index in [2.05, 4.69) is 56.8 Å². The Morgan fingerprint density at radius 3 is 2.04 bits per heavy atom. The average Bonchev–Trinajstić information content (AvgIpc) is 2.53. The summed E-state index contributed by atoms with van der Waals surface area (Å²) < 4.78 is 0. The van der Waals surface area contributed by atoms with Crippen molar-refractivity contribution < 1.29 is 0 Å². The Morgan fingerprint density at radius 2 is 1.46 bits per heavy atom. The molecule has 2 N–H and O–H groups in total. The molecule has 3 rings (SSSR count). The van der Waals surface area contributed by atoms with Gasteiger partial charge in [0.2, 0.25) is 5.95 Å². The third kappa shape index (κ3) is 3.58. The number of rotatable bonds is 3. The van der Waals surface area contributed by atoms with Crippen LogP contribution in [0.15, 0.2) is 18.2 Å². The first-order valence-electron chi connectivity index (χ1n) is 8.52. The van der Waals surface area contributed by atoms with Gasteiger partial charge in [0.1, 0.15) is 5.82 Å². The van der Waals surface area contributed by atoms with Gasteiger partial charge in [-0.2, -0.15) is 4.98 Å². The number of piperazine rings is 1. The molecule has 0 unspecified atom stereocenters. The summed E-state index contributed by atoms with van der Waals surface area (Å²) in [5.74, 6) is 1.64. The molecular formula is C18H26N6. The molecule has 2 aromatic heterocycles. The third-order valence-corrected chi connectivity index (χ3v) is 4.38. The van der Waals surface area contributed by atoms with E-state index < -0.39 is 0 Å². The standard InChI is InChI=1S/C18H26N6/c1-12(2)16-11-17(22-18(19)21-16)24-7-5-23(6-8-24)15-9-13(3)20-14(4)10-15/h9-12H,5-8H2,1-4H3,(H2,19,21,22). The zero-order valence-electron chi connectivity index (χ0n) is 15.0. The lowest BCUT2D eigenvalue weighted by atomic mass is 10.1. The number of aryl methyl sites for hydroxylation is 2. The van der Waals surface area contributed by atoms with Crippen LogP contribution in [0.4, 0.5) is 17.5 Å². The predicted octanol–water partition coefficient (Wildman–Crippen LogP) is 2.52. The molecule has 0 aliphatic carbocycles. The lowest BCUT2D eigenvalue weighted by molar-refractivity contribution is 0.645. The van der Waals surface area contributed by atoms with E-state index >= 15 is 0 Å². The van der Waals surface area contributed by atoms with Crippen LogP contribution in [0, 0.1) is 13.8 Å². The molecule has 6 heteroatoms. The van der Waals surface area contributed by atoms with E-state index in [1.165, 1.54) is 5.69 Å². The van der Waals surface area contributed by atoms with E-state index in [1.54, 1.807) is 0 Å². The highest BCUT2D eigenvalue weighted by Gasteiger charge is 2.20. The van der Waals surface area contributed by atoms with Crippen molar-refractivity contribution in [3.8, 4) is 0 Å². The molecule has 0 aromatic carbocycles. The third-order valence-electron chi connectivity index (χ3n) is 4.38. The first-order chi connectivity index (χ1) is 11.4. The number of hydrogen-bond donors (Lipinski definition) is 1. The Kier molecular flexibility index (Phi) is 4.55. The summed E-state index contributed by atoms with van der Waals surface area (Å²) in [6.45, 7) is 12.1. The van der Waals surface area contributed by atoms with E-state index in [9.17, 15) is 0 Å². The number of nitrogens with zero attached hydrogens (tertiary/aromatic N) is 5. The van der Waals surface area contributed by atoms with Gasteiger partial charge in [0.15, 0.2) is 0 Å². The second-order valence-corrected chi connectivity index (χ2v) is 6.75. The summed E-state index contributed by atoms with van der Waals surface area (Å²) in [5.41, 5.74) is 10.3. The molecule has 6 nitrogen and oxygen atoms in total. The van der Waals surface area contributed by atoms with Crippen molar-refractivity contribution in [2.75, 3.05) is 41.7 Å². The zero-order chi connectivity index (χ0) is 17.3. The minimum atomic E-state index is 0.345. The molecule has 0 atom stereocenters. The lowest BCUT2D eigenvalue weighted by Gasteiger charge is -2.37. The van der Waals surface area contributed by atoms with Crippen LogP contribution < -0.4 is 15.5 Å². The molecule has 1 aliphatic rings. The minimum absolute atomic E-state index is 0.345. The first-order valence-corrected chi connectivity index (χ1v) is 8.52. The Balaban J connectivity index is 1.73. The summed E-state index contributed by atoms with van der Waals surface area (Å²) >= 11 is 0. The number of anilines is 3. The van der Waals surface area contributed by atoms with Gasteiger partial charge in [0.25, 0.3) is 0 Å². The fourth-order valence-corrected chi connectivity index (χ4v) is 3.12. The van der Waals surface area contributed by atoms with Crippen molar-refractivity contribution in [2.45, 2.75) is 33.6 Å². The first kappa shape index (κ1) is 16.5. The van der Waals surface area contributed by atoms with Crippen LogP contribution in [-0.2, 0) is 0 Å². The van der Waals surface area contributed by atoms with Crippen LogP contribution in [0.5, 0.6) is 0 Å². The Morgan fingerprint density at radius 1 is 0.875 bits per heavy atom. The molecule has 1 saturated heterocycles. The Labute approximate surface area is 143 Å². The second-order valence-electron chi connectivity index (χ2n) is 6.75. The van der Waals surface area contributed by atoms with Gasteiger partial charge < -0.3 is 15.5 Å². The number of nitrogens with two attached hydrogens (primary N) is 1. The predicted molar refractivity (Wildman–Crippen MR) is 98.7 cm³/mol. The van der Waals surface area contributed by atoms with Crippen LogP contribution in [0.1, 0.15) is 36.8 Å². The van der Waals surface area contributed by atoms with Gasteiger partial charge in [-0.15, -0.1) is 0 Å². The number of nitrogen functional groups attached to an aromatic ring is 1. The molecule has 0 bridgehead atoms. The van der Waals surface area contributed by atoms with Crippen LogP contribution in [0.25, 0.3) is 0 Å². The Hall–Kier alpha value is -2.37. The highest BCUT2D eigenvalue weighted by Crippen LogP contribution is 2.23. The van der Waals surface area contributed by atoms with Crippen LogP contribution in [0.3, 0.4) is 0 Å². The van der Waals surface area contributed by atoms with Crippen molar-refractivity contribution in [1.82, 2.24) is 15.0 Å². The highest BCUT2D eigenvalue weighted by molar-refractivity contribution is 5.51. The zero-order valence-corrected chi connectivity index (χ0v) is 15.0. The smallest absolute Gasteiger partial charge is 0.222 e. The molecule has 3 heterocycles. The minimum Gasteiger partial charge on any atom is -0.368 e. The van der Waals surface area contributed by atoms with E-state index in [0.717, 1.165) is 49.1 Å². The summed E-state index contributed by atoms with van der Waals surface area (Å²) in [6, 6.07) is 6.38. The van der Waals surface area contributed by atoms with E-state index in [0.29, 0.717) is 11.9 Å². The van der Waals surface area contributed by atoms with E-state index in [1.807, 2.05) is 13.8 Å². The molecule has 0 spiro atoms. The summed E-state index contributed by atoms with van der Waals surface area (Å²) in [6.07, 6.45) is 0. The molecular weight excluding hydrogens is 300 g/mol.